The summed E-state index contributed by atoms with van der Waals surface area (Å²) in [6.07, 6.45) is 3.70. The molecule has 2 rings (SSSR count). The third-order valence-corrected chi connectivity index (χ3v) is 3.39. The van der Waals surface area contributed by atoms with Gasteiger partial charge >= 0.3 is 0 Å². The normalized spacial score (nSPS) is 21.2. The van der Waals surface area contributed by atoms with Gasteiger partial charge in [0.2, 0.25) is 0 Å². The number of amides is 1. The maximum absolute atomic E-state index is 11.6. The van der Waals surface area contributed by atoms with Gasteiger partial charge in [-0.25, -0.2) is 0 Å². The van der Waals surface area contributed by atoms with Crippen LogP contribution in [0.2, 0.25) is 0 Å². The maximum atomic E-state index is 11.6. The first kappa shape index (κ1) is 10.6. The molecule has 0 radical (unpaired) electrons. The van der Waals surface area contributed by atoms with Gasteiger partial charge in [0.25, 0.3) is 5.91 Å². The molecule has 1 saturated heterocycles. The number of nitrogens with one attached hydrogen (secondary N) is 2. The van der Waals surface area contributed by atoms with Gasteiger partial charge in [0, 0.05) is 23.5 Å². The zero-order valence-electron chi connectivity index (χ0n) is 8.66. The lowest BCUT2D eigenvalue weighted by Crippen LogP contribution is -2.43. The molecule has 2 N–H and O–H groups in total. The largest absolute Gasteiger partial charge is 0.350 e. The predicted molar refractivity (Wildman–Crippen MR) is 62.3 cm³/mol. The summed E-state index contributed by atoms with van der Waals surface area (Å²) in [5, 5.41) is 10.2. The van der Waals surface area contributed by atoms with Gasteiger partial charge in [0.15, 0.2) is 0 Å². The van der Waals surface area contributed by atoms with Crippen molar-refractivity contribution in [1.29, 1.82) is 0 Å². The number of piperidine rings is 1. The minimum absolute atomic E-state index is 0.0450. The van der Waals surface area contributed by atoms with Gasteiger partial charge in [-0.2, -0.15) is 11.3 Å². The summed E-state index contributed by atoms with van der Waals surface area (Å²) in [6.45, 7) is 1.83. The highest BCUT2D eigenvalue weighted by Gasteiger charge is 2.13. The summed E-state index contributed by atoms with van der Waals surface area (Å²) in [6, 6.07) is 2.32. The number of thiophene rings is 1. The lowest BCUT2D eigenvalue weighted by molar-refractivity contribution is 0.0948. The predicted octanol–water partition coefficient (Wildman–Crippen LogP) is 1.62. The molecule has 0 spiro atoms. The first-order valence-electron chi connectivity index (χ1n) is 5.40. The van der Waals surface area contributed by atoms with Crippen LogP contribution < -0.4 is 10.6 Å². The molecule has 0 aromatic carbocycles. The van der Waals surface area contributed by atoms with Crippen molar-refractivity contribution in [2.24, 2.45) is 0 Å². The van der Waals surface area contributed by atoms with E-state index in [-0.39, 0.29) is 5.91 Å². The Kier molecular flexibility index (Phi) is 3.75. The molecule has 1 aromatic rings. The SMILES string of the molecule is O=C(NCC1CCCCN1)c1ccsc1. The van der Waals surface area contributed by atoms with Crippen molar-refractivity contribution in [2.75, 3.05) is 13.1 Å². The van der Waals surface area contributed by atoms with Crippen molar-refractivity contribution in [1.82, 2.24) is 10.6 Å². The van der Waals surface area contributed by atoms with E-state index < -0.39 is 0 Å². The summed E-state index contributed by atoms with van der Waals surface area (Å²) in [5.41, 5.74) is 0.774. The van der Waals surface area contributed by atoms with Crippen LogP contribution in [0.15, 0.2) is 16.8 Å². The molecule has 2 heterocycles. The molecule has 1 aliphatic rings. The molecule has 4 heteroatoms. The van der Waals surface area contributed by atoms with Crippen LogP contribution in [0.3, 0.4) is 0 Å². The molecule has 1 aliphatic heterocycles. The molecule has 0 saturated carbocycles. The van der Waals surface area contributed by atoms with E-state index in [0.717, 1.165) is 18.7 Å². The number of rotatable bonds is 3. The number of hydrogen-bond acceptors (Lipinski definition) is 3. The maximum Gasteiger partial charge on any atom is 0.252 e. The summed E-state index contributed by atoms with van der Waals surface area (Å²) in [4.78, 5) is 11.6. The second-order valence-corrected chi connectivity index (χ2v) is 4.65. The van der Waals surface area contributed by atoms with E-state index in [2.05, 4.69) is 10.6 Å². The lowest BCUT2D eigenvalue weighted by atomic mass is 10.1. The number of carbonyl (C=O) groups excluding carboxylic acids is 1. The van der Waals surface area contributed by atoms with E-state index >= 15 is 0 Å². The van der Waals surface area contributed by atoms with Gasteiger partial charge in [0.05, 0.1) is 0 Å². The minimum Gasteiger partial charge on any atom is -0.350 e. The second-order valence-electron chi connectivity index (χ2n) is 3.87. The molecule has 1 fully saturated rings. The van der Waals surface area contributed by atoms with Crippen molar-refractivity contribution >= 4 is 17.2 Å². The quantitative estimate of drug-likeness (QED) is 0.819. The van der Waals surface area contributed by atoms with E-state index in [1.165, 1.54) is 19.3 Å². The molecule has 1 unspecified atom stereocenters. The smallest absolute Gasteiger partial charge is 0.252 e. The molecular weight excluding hydrogens is 208 g/mol. The average molecular weight is 224 g/mol. The Morgan fingerprint density at radius 1 is 1.60 bits per heavy atom. The van der Waals surface area contributed by atoms with E-state index in [0.29, 0.717) is 6.04 Å². The third-order valence-electron chi connectivity index (χ3n) is 2.70. The summed E-state index contributed by atoms with van der Waals surface area (Å²) < 4.78 is 0. The van der Waals surface area contributed by atoms with Crippen molar-refractivity contribution in [3.05, 3.63) is 22.4 Å². The molecular formula is C11H16N2OS. The van der Waals surface area contributed by atoms with Gasteiger partial charge < -0.3 is 10.6 Å². The fraction of sp³-hybridized carbons (Fsp3) is 0.545. The number of carbonyl (C=O) groups is 1. The van der Waals surface area contributed by atoms with Gasteiger partial charge in [-0.1, -0.05) is 6.42 Å². The highest BCUT2D eigenvalue weighted by molar-refractivity contribution is 7.08. The Labute approximate surface area is 93.9 Å². The highest BCUT2D eigenvalue weighted by atomic mass is 32.1. The van der Waals surface area contributed by atoms with Crippen molar-refractivity contribution in [3.63, 3.8) is 0 Å². The van der Waals surface area contributed by atoms with Crippen LogP contribution in [-0.2, 0) is 0 Å². The van der Waals surface area contributed by atoms with Gasteiger partial charge in [-0.15, -0.1) is 0 Å². The minimum atomic E-state index is 0.0450. The Balaban J connectivity index is 1.75. The lowest BCUT2D eigenvalue weighted by Gasteiger charge is -2.23. The van der Waals surface area contributed by atoms with Crippen LogP contribution in [-0.4, -0.2) is 25.0 Å². The Morgan fingerprint density at radius 2 is 2.53 bits per heavy atom. The Bertz CT molecular complexity index is 304. The molecule has 82 valence electrons. The molecule has 1 atom stereocenters. The van der Waals surface area contributed by atoms with Crippen molar-refractivity contribution in [3.8, 4) is 0 Å². The zero-order chi connectivity index (χ0) is 10.5. The Morgan fingerprint density at radius 3 is 3.20 bits per heavy atom. The summed E-state index contributed by atoms with van der Waals surface area (Å²) >= 11 is 1.55. The highest BCUT2D eigenvalue weighted by Crippen LogP contribution is 2.07. The van der Waals surface area contributed by atoms with Crippen molar-refractivity contribution < 1.29 is 4.79 Å². The van der Waals surface area contributed by atoms with Crippen LogP contribution in [0.25, 0.3) is 0 Å². The van der Waals surface area contributed by atoms with Gasteiger partial charge in [-0.05, 0) is 30.8 Å². The standard InChI is InChI=1S/C11H16N2OS/c14-11(9-4-6-15-8-9)13-7-10-3-1-2-5-12-10/h4,6,8,10,12H,1-3,5,7H2,(H,13,14). The zero-order valence-corrected chi connectivity index (χ0v) is 9.48. The first-order chi connectivity index (χ1) is 7.36. The molecule has 1 aromatic heterocycles. The van der Waals surface area contributed by atoms with E-state index in [4.69, 9.17) is 0 Å². The monoisotopic (exact) mass is 224 g/mol. The van der Waals surface area contributed by atoms with Crippen LogP contribution >= 0.6 is 11.3 Å². The molecule has 0 aliphatic carbocycles. The van der Waals surface area contributed by atoms with Gasteiger partial charge in [-0.3, -0.25) is 4.79 Å². The van der Waals surface area contributed by atoms with Crippen LogP contribution in [0.4, 0.5) is 0 Å². The molecule has 1 amide bonds. The van der Waals surface area contributed by atoms with E-state index in [1.807, 2.05) is 16.8 Å². The number of hydrogen-bond donors (Lipinski definition) is 2. The fourth-order valence-corrected chi connectivity index (χ4v) is 2.45. The van der Waals surface area contributed by atoms with Crippen LogP contribution in [0.1, 0.15) is 29.6 Å². The first-order valence-corrected chi connectivity index (χ1v) is 6.34. The van der Waals surface area contributed by atoms with Crippen LogP contribution in [0, 0.1) is 0 Å². The molecule has 15 heavy (non-hydrogen) atoms. The van der Waals surface area contributed by atoms with Crippen LogP contribution in [0.5, 0.6) is 0 Å². The Hall–Kier alpha value is -0.870. The van der Waals surface area contributed by atoms with E-state index in [9.17, 15) is 4.79 Å². The summed E-state index contributed by atoms with van der Waals surface area (Å²) in [5.74, 6) is 0.0450. The fourth-order valence-electron chi connectivity index (χ4n) is 1.81. The van der Waals surface area contributed by atoms with Gasteiger partial charge in [0.1, 0.15) is 0 Å². The van der Waals surface area contributed by atoms with Crippen molar-refractivity contribution in [2.45, 2.75) is 25.3 Å². The second kappa shape index (κ2) is 5.28. The third kappa shape index (κ3) is 3.04. The van der Waals surface area contributed by atoms with E-state index in [1.54, 1.807) is 11.3 Å². The summed E-state index contributed by atoms with van der Waals surface area (Å²) in [7, 11) is 0. The molecule has 0 bridgehead atoms. The average Bonchev–Trinajstić information content (AvgIpc) is 2.81. The molecule has 3 nitrogen and oxygen atoms in total. The topological polar surface area (TPSA) is 41.1 Å².